The maximum atomic E-state index is 10.8. The van der Waals surface area contributed by atoms with Gasteiger partial charge in [0.05, 0.1) is 5.69 Å². The van der Waals surface area contributed by atoms with Gasteiger partial charge in [-0.1, -0.05) is 0 Å². The average molecular weight is 215 g/mol. The van der Waals surface area contributed by atoms with Gasteiger partial charge >= 0.3 is 5.97 Å². The molecule has 2 heterocycles. The maximum absolute atomic E-state index is 10.8. The molecule has 0 spiro atoms. The number of carboxylic acid groups (broad SMARTS) is 1. The second kappa shape index (κ2) is 2.75. The van der Waals surface area contributed by atoms with Crippen LogP contribution in [0.5, 0.6) is 0 Å². The highest BCUT2D eigenvalue weighted by atomic mass is 35.5. The number of carboxylic acids is 1. The fraction of sp³-hybridized carbons (Fsp3) is 0.250. The van der Waals surface area contributed by atoms with E-state index in [1.165, 1.54) is 4.40 Å². The van der Waals surface area contributed by atoms with Crippen molar-refractivity contribution in [3.63, 3.8) is 0 Å². The number of aromatic carboxylic acids is 1. The Hall–Kier alpha value is -1.49. The first-order valence-corrected chi connectivity index (χ1v) is 4.27. The van der Waals surface area contributed by atoms with Gasteiger partial charge in [-0.15, -0.1) is 0 Å². The van der Waals surface area contributed by atoms with Gasteiger partial charge in [0, 0.05) is 0 Å². The summed E-state index contributed by atoms with van der Waals surface area (Å²) in [5.74, 6) is -0.519. The predicted octanol–water partition coefficient (Wildman–Crippen LogP) is 1.90. The molecule has 0 amide bonds. The van der Waals surface area contributed by atoms with Gasteiger partial charge in [-0.3, -0.25) is 4.40 Å². The van der Waals surface area contributed by atoms with E-state index < -0.39 is 5.97 Å². The van der Waals surface area contributed by atoms with Gasteiger partial charge in [0.15, 0.2) is 0 Å². The lowest BCUT2D eigenvalue weighted by molar-refractivity contribution is 0.0692. The standard InChI is InChI=1S/C8H7ClN2O3/c1-3-4(2)14-6-5(7(12)13)10-8(9)11(3)6/h1-2H3,(H,12,13). The third-order valence-electron chi connectivity index (χ3n) is 2.09. The van der Waals surface area contributed by atoms with Gasteiger partial charge in [-0.2, -0.15) is 0 Å². The van der Waals surface area contributed by atoms with E-state index in [0.717, 1.165) is 5.69 Å². The van der Waals surface area contributed by atoms with E-state index in [0.29, 0.717) is 5.76 Å². The lowest BCUT2D eigenvalue weighted by Gasteiger charge is -1.87. The van der Waals surface area contributed by atoms with E-state index in [4.69, 9.17) is 21.1 Å². The highest BCUT2D eigenvalue weighted by Gasteiger charge is 2.21. The molecule has 1 N–H and O–H groups in total. The number of fused-ring (bicyclic) bond motifs is 1. The van der Waals surface area contributed by atoms with E-state index in [1.807, 2.05) is 0 Å². The van der Waals surface area contributed by atoms with Crippen molar-refractivity contribution in [1.29, 1.82) is 0 Å². The van der Waals surface area contributed by atoms with Crippen molar-refractivity contribution >= 4 is 23.3 Å². The van der Waals surface area contributed by atoms with E-state index in [-0.39, 0.29) is 16.7 Å². The van der Waals surface area contributed by atoms with Crippen LogP contribution >= 0.6 is 11.6 Å². The zero-order valence-corrected chi connectivity index (χ0v) is 8.29. The summed E-state index contributed by atoms with van der Waals surface area (Å²) in [6, 6.07) is 0. The molecule has 2 aromatic rings. The van der Waals surface area contributed by atoms with Crippen LogP contribution in [0.4, 0.5) is 0 Å². The number of hydrogen-bond acceptors (Lipinski definition) is 3. The third-order valence-corrected chi connectivity index (χ3v) is 2.35. The van der Waals surface area contributed by atoms with Crippen molar-refractivity contribution in [2.75, 3.05) is 0 Å². The van der Waals surface area contributed by atoms with E-state index in [9.17, 15) is 4.79 Å². The molecule has 14 heavy (non-hydrogen) atoms. The molecule has 0 aliphatic rings. The van der Waals surface area contributed by atoms with Crippen molar-refractivity contribution < 1.29 is 14.3 Å². The second-order valence-corrected chi connectivity index (χ2v) is 3.26. The zero-order chi connectivity index (χ0) is 10.5. The van der Waals surface area contributed by atoms with Crippen molar-refractivity contribution in [3.8, 4) is 0 Å². The summed E-state index contributed by atoms with van der Waals surface area (Å²) >= 11 is 5.77. The fourth-order valence-corrected chi connectivity index (χ4v) is 1.57. The number of oxazole rings is 1. The molecular weight excluding hydrogens is 208 g/mol. The molecule has 0 fully saturated rings. The molecule has 0 aromatic carbocycles. The molecule has 6 heteroatoms. The number of aromatic nitrogens is 2. The third kappa shape index (κ3) is 1.02. The predicted molar refractivity (Wildman–Crippen MR) is 48.9 cm³/mol. The molecular formula is C8H7ClN2O3. The van der Waals surface area contributed by atoms with Crippen molar-refractivity contribution in [2.45, 2.75) is 13.8 Å². The summed E-state index contributed by atoms with van der Waals surface area (Å²) in [5.41, 5.74) is 0.772. The van der Waals surface area contributed by atoms with Crippen LogP contribution in [0, 0.1) is 13.8 Å². The largest absolute Gasteiger partial charge is 0.476 e. The number of hydrogen-bond donors (Lipinski definition) is 1. The van der Waals surface area contributed by atoms with Gasteiger partial charge in [0.25, 0.3) is 0 Å². The molecule has 0 aliphatic carbocycles. The van der Waals surface area contributed by atoms with Crippen LogP contribution < -0.4 is 0 Å². The Balaban J connectivity index is 2.90. The van der Waals surface area contributed by atoms with Crippen LogP contribution in [-0.4, -0.2) is 20.5 Å². The van der Waals surface area contributed by atoms with Gasteiger partial charge in [-0.05, 0) is 25.4 Å². The monoisotopic (exact) mass is 214 g/mol. The maximum Gasteiger partial charge on any atom is 0.360 e. The number of halogens is 1. The molecule has 0 radical (unpaired) electrons. The minimum Gasteiger partial charge on any atom is -0.476 e. The molecule has 0 atom stereocenters. The summed E-state index contributed by atoms with van der Waals surface area (Å²) in [5, 5.41) is 8.91. The minimum absolute atomic E-state index is 0.103. The molecule has 2 aromatic heterocycles. The van der Waals surface area contributed by atoms with Crippen molar-refractivity contribution in [1.82, 2.24) is 9.38 Å². The van der Waals surface area contributed by atoms with Gasteiger partial charge < -0.3 is 9.52 Å². The van der Waals surface area contributed by atoms with Crippen LogP contribution in [-0.2, 0) is 0 Å². The number of aryl methyl sites for hydroxylation is 2. The summed E-state index contributed by atoms with van der Waals surface area (Å²) in [7, 11) is 0. The van der Waals surface area contributed by atoms with Gasteiger partial charge in [-0.25, -0.2) is 9.78 Å². The summed E-state index contributed by atoms with van der Waals surface area (Å²) in [6.07, 6.45) is 0. The first-order chi connectivity index (χ1) is 6.52. The first kappa shape index (κ1) is 9.08. The Morgan fingerprint density at radius 3 is 2.79 bits per heavy atom. The second-order valence-electron chi connectivity index (χ2n) is 2.92. The highest BCUT2D eigenvalue weighted by Crippen LogP contribution is 2.23. The Morgan fingerprint density at radius 2 is 2.21 bits per heavy atom. The molecule has 0 saturated heterocycles. The minimum atomic E-state index is -1.15. The normalized spacial score (nSPS) is 11.1. The fourth-order valence-electron chi connectivity index (χ4n) is 1.28. The van der Waals surface area contributed by atoms with Crippen LogP contribution in [0.25, 0.3) is 5.71 Å². The SMILES string of the molecule is Cc1oc2c(C(=O)O)nc(Cl)n2c1C. The Morgan fingerprint density at radius 1 is 1.57 bits per heavy atom. The molecule has 5 nitrogen and oxygen atoms in total. The topological polar surface area (TPSA) is 67.7 Å². The van der Waals surface area contributed by atoms with Gasteiger partial charge in [0.2, 0.25) is 16.7 Å². The zero-order valence-electron chi connectivity index (χ0n) is 7.54. The lowest BCUT2D eigenvalue weighted by Crippen LogP contribution is -1.96. The summed E-state index contributed by atoms with van der Waals surface area (Å²) in [4.78, 5) is 14.4. The number of rotatable bonds is 1. The van der Waals surface area contributed by atoms with Crippen LogP contribution in [0.3, 0.4) is 0 Å². The Bertz CT molecular complexity index is 526. The van der Waals surface area contributed by atoms with Crippen molar-refractivity contribution in [3.05, 3.63) is 22.4 Å². The molecule has 2 rings (SSSR count). The van der Waals surface area contributed by atoms with Crippen LogP contribution in [0.1, 0.15) is 21.9 Å². The average Bonchev–Trinajstić information content (AvgIpc) is 2.55. The number of imidazole rings is 1. The quantitative estimate of drug-likeness (QED) is 0.787. The smallest absolute Gasteiger partial charge is 0.360 e. The highest BCUT2D eigenvalue weighted by molar-refractivity contribution is 6.29. The number of carbonyl (C=O) groups is 1. The van der Waals surface area contributed by atoms with E-state index >= 15 is 0 Å². The summed E-state index contributed by atoms with van der Waals surface area (Å²) < 4.78 is 6.72. The number of nitrogens with zero attached hydrogens (tertiary/aromatic N) is 2. The lowest BCUT2D eigenvalue weighted by atomic mass is 10.4. The molecule has 0 saturated carbocycles. The van der Waals surface area contributed by atoms with Crippen LogP contribution in [0.15, 0.2) is 4.42 Å². The molecule has 74 valence electrons. The van der Waals surface area contributed by atoms with E-state index in [1.54, 1.807) is 13.8 Å². The van der Waals surface area contributed by atoms with Crippen LogP contribution in [0.2, 0.25) is 5.28 Å². The van der Waals surface area contributed by atoms with Crippen molar-refractivity contribution in [2.24, 2.45) is 0 Å². The Kier molecular flexibility index (Phi) is 1.78. The van der Waals surface area contributed by atoms with E-state index in [2.05, 4.69) is 4.98 Å². The molecule has 0 bridgehead atoms. The molecule has 0 unspecified atom stereocenters. The molecule has 0 aliphatic heterocycles. The Labute approximate surface area is 83.9 Å². The summed E-state index contributed by atoms with van der Waals surface area (Å²) in [6.45, 7) is 3.52. The first-order valence-electron chi connectivity index (χ1n) is 3.89. The van der Waals surface area contributed by atoms with Gasteiger partial charge in [0.1, 0.15) is 5.76 Å².